The van der Waals surface area contributed by atoms with Gasteiger partial charge in [0.15, 0.2) is 0 Å². The molecule has 1 heterocycles. The Hall–Kier alpha value is -3.43. The van der Waals surface area contributed by atoms with Gasteiger partial charge in [-0.05, 0) is 42.5 Å². The van der Waals surface area contributed by atoms with Crippen molar-refractivity contribution in [1.82, 2.24) is 4.31 Å². The van der Waals surface area contributed by atoms with E-state index in [1.807, 2.05) is 30.3 Å². The molecule has 0 radical (unpaired) electrons. The average molecular weight is 470 g/mol. The fourth-order valence-electron chi connectivity index (χ4n) is 3.75. The number of sulfonamides is 1. The molecule has 3 aromatic rings. The van der Waals surface area contributed by atoms with Crippen molar-refractivity contribution in [3.8, 4) is 5.75 Å². The van der Waals surface area contributed by atoms with E-state index in [4.69, 9.17) is 4.74 Å². The second kappa shape index (κ2) is 9.60. The number of hydrogen-bond acceptors (Lipinski definition) is 5. The summed E-state index contributed by atoms with van der Waals surface area (Å²) in [4.78, 5) is 14.7. The van der Waals surface area contributed by atoms with Crippen LogP contribution in [-0.2, 0) is 10.0 Å². The van der Waals surface area contributed by atoms with E-state index < -0.39 is 21.7 Å². The quantitative estimate of drug-likeness (QED) is 0.597. The summed E-state index contributed by atoms with van der Waals surface area (Å²) in [5.74, 6) is -1.16. The number of benzene rings is 3. The van der Waals surface area contributed by atoms with E-state index in [0.29, 0.717) is 24.5 Å². The standard InChI is InChI=1S/C24H24FN3O4S/c1-32-23-10-6-5-9-22(23)26-24(29)20-17-19(11-12-21(20)25)33(30,31)28-15-13-27(14-16-28)18-7-3-2-4-8-18/h2-12,17H,13-16H2,1H3,(H,26,29). The lowest BCUT2D eigenvalue weighted by atomic mass is 10.2. The Balaban J connectivity index is 1.52. The van der Waals surface area contributed by atoms with Gasteiger partial charge in [0.05, 0.1) is 23.3 Å². The molecule has 1 saturated heterocycles. The summed E-state index contributed by atoms with van der Waals surface area (Å²) in [6.45, 7) is 1.64. The Bertz CT molecular complexity index is 1240. The van der Waals surface area contributed by atoms with Gasteiger partial charge in [0, 0.05) is 31.9 Å². The molecule has 0 saturated carbocycles. The van der Waals surface area contributed by atoms with Crippen molar-refractivity contribution < 1.29 is 22.3 Å². The highest BCUT2D eigenvalue weighted by Gasteiger charge is 2.30. The number of anilines is 2. The number of hydrogen-bond donors (Lipinski definition) is 1. The third kappa shape index (κ3) is 4.84. The van der Waals surface area contributed by atoms with Crippen molar-refractivity contribution in [2.24, 2.45) is 0 Å². The van der Waals surface area contributed by atoms with Crippen molar-refractivity contribution in [2.45, 2.75) is 4.90 Å². The van der Waals surface area contributed by atoms with Crippen molar-refractivity contribution in [3.63, 3.8) is 0 Å². The van der Waals surface area contributed by atoms with Crippen LogP contribution in [0.25, 0.3) is 0 Å². The molecule has 1 fully saturated rings. The smallest absolute Gasteiger partial charge is 0.258 e. The summed E-state index contributed by atoms with van der Waals surface area (Å²) < 4.78 is 47.4. The van der Waals surface area contributed by atoms with Crippen molar-refractivity contribution >= 4 is 27.3 Å². The maximum atomic E-state index is 14.5. The molecule has 1 aliphatic heterocycles. The maximum Gasteiger partial charge on any atom is 0.258 e. The van der Waals surface area contributed by atoms with Gasteiger partial charge in [-0.15, -0.1) is 0 Å². The number of nitrogens with zero attached hydrogens (tertiary/aromatic N) is 2. The van der Waals surface area contributed by atoms with E-state index in [1.165, 1.54) is 17.5 Å². The number of rotatable bonds is 6. The number of carbonyl (C=O) groups excluding carboxylic acids is 1. The number of piperazine rings is 1. The molecule has 1 amide bonds. The van der Waals surface area contributed by atoms with Crippen molar-refractivity contribution in [2.75, 3.05) is 43.5 Å². The number of methoxy groups -OCH3 is 1. The van der Waals surface area contributed by atoms with Crippen LogP contribution in [0, 0.1) is 5.82 Å². The summed E-state index contributed by atoms with van der Waals surface area (Å²) >= 11 is 0. The van der Waals surface area contributed by atoms with Crippen molar-refractivity contribution in [3.05, 3.63) is 84.2 Å². The van der Waals surface area contributed by atoms with E-state index >= 15 is 0 Å². The molecule has 33 heavy (non-hydrogen) atoms. The fourth-order valence-corrected chi connectivity index (χ4v) is 5.20. The van der Waals surface area contributed by atoms with Crippen LogP contribution in [0.4, 0.5) is 15.8 Å². The van der Waals surface area contributed by atoms with E-state index in [0.717, 1.165) is 17.8 Å². The highest BCUT2D eigenvalue weighted by molar-refractivity contribution is 7.89. The number of para-hydroxylation sites is 3. The van der Waals surface area contributed by atoms with Crippen LogP contribution in [0.2, 0.25) is 0 Å². The molecule has 0 aliphatic carbocycles. The maximum absolute atomic E-state index is 14.5. The Morgan fingerprint density at radius 2 is 1.61 bits per heavy atom. The van der Waals surface area contributed by atoms with Crippen LogP contribution < -0.4 is 15.0 Å². The van der Waals surface area contributed by atoms with E-state index in [2.05, 4.69) is 10.2 Å². The van der Waals surface area contributed by atoms with Gasteiger partial charge in [0.25, 0.3) is 5.91 Å². The normalized spacial score (nSPS) is 14.7. The number of nitrogens with one attached hydrogen (secondary N) is 1. The monoisotopic (exact) mass is 469 g/mol. The first-order valence-electron chi connectivity index (χ1n) is 10.4. The molecule has 9 heteroatoms. The van der Waals surface area contributed by atoms with Gasteiger partial charge >= 0.3 is 0 Å². The minimum Gasteiger partial charge on any atom is -0.495 e. The molecule has 0 bridgehead atoms. The molecule has 7 nitrogen and oxygen atoms in total. The molecule has 1 aliphatic rings. The van der Waals surface area contributed by atoms with Gasteiger partial charge in [-0.1, -0.05) is 30.3 Å². The molecule has 3 aromatic carbocycles. The number of amides is 1. The van der Waals surface area contributed by atoms with Gasteiger partial charge in [-0.2, -0.15) is 4.31 Å². The summed E-state index contributed by atoms with van der Waals surface area (Å²) in [5.41, 5.74) is 1.03. The molecule has 0 unspecified atom stereocenters. The zero-order chi connectivity index (χ0) is 23.4. The molecule has 4 rings (SSSR count). The summed E-state index contributed by atoms with van der Waals surface area (Å²) in [6, 6.07) is 19.8. The number of ether oxygens (including phenoxy) is 1. The molecule has 0 aromatic heterocycles. The van der Waals surface area contributed by atoms with E-state index in [1.54, 1.807) is 24.3 Å². The highest BCUT2D eigenvalue weighted by Crippen LogP contribution is 2.26. The first-order chi connectivity index (χ1) is 15.9. The predicted octanol–water partition coefficient (Wildman–Crippen LogP) is 3.60. The lowest BCUT2D eigenvalue weighted by molar-refractivity contribution is 0.102. The summed E-state index contributed by atoms with van der Waals surface area (Å²) in [6.07, 6.45) is 0. The number of halogens is 1. The first kappa shape index (κ1) is 22.8. The molecule has 0 spiro atoms. The van der Waals surface area contributed by atoms with Gasteiger partial charge in [-0.3, -0.25) is 4.79 Å². The third-order valence-corrected chi connectivity index (χ3v) is 7.43. The van der Waals surface area contributed by atoms with Crippen LogP contribution in [0.15, 0.2) is 77.7 Å². The first-order valence-corrected chi connectivity index (χ1v) is 11.9. The van der Waals surface area contributed by atoms with Crippen LogP contribution >= 0.6 is 0 Å². The van der Waals surface area contributed by atoms with Crippen LogP contribution in [0.1, 0.15) is 10.4 Å². The van der Waals surface area contributed by atoms with Gasteiger partial charge in [0.1, 0.15) is 11.6 Å². The van der Waals surface area contributed by atoms with Gasteiger partial charge in [0.2, 0.25) is 10.0 Å². The Morgan fingerprint density at radius 1 is 0.939 bits per heavy atom. The fraction of sp³-hybridized carbons (Fsp3) is 0.208. The highest BCUT2D eigenvalue weighted by atomic mass is 32.2. The zero-order valence-corrected chi connectivity index (χ0v) is 18.9. The van der Waals surface area contributed by atoms with Crippen LogP contribution in [0.5, 0.6) is 5.75 Å². The molecule has 1 N–H and O–H groups in total. The summed E-state index contributed by atoms with van der Waals surface area (Å²) in [5, 5.41) is 2.58. The van der Waals surface area contributed by atoms with Gasteiger partial charge < -0.3 is 15.0 Å². The zero-order valence-electron chi connectivity index (χ0n) is 18.1. The minimum atomic E-state index is -3.89. The van der Waals surface area contributed by atoms with E-state index in [-0.39, 0.29) is 23.5 Å². The average Bonchev–Trinajstić information content (AvgIpc) is 2.85. The third-order valence-electron chi connectivity index (χ3n) is 5.54. The second-order valence-electron chi connectivity index (χ2n) is 7.52. The minimum absolute atomic E-state index is 0.123. The largest absolute Gasteiger partial charge is 0.495 e. The van der Waals surface area contributed by atoms with Gasteiger partial charge in [-0.25, -0.2) is 12.8 Å². The van der Waals surface area contributed by atoms with E-state index in [9.17, 15) is 17.6 Å². The predicted molar refractivity (Wildman–Crippen MR) is 125 cm³/mol. The van der Waals surface area contributed by atoms with Crippen molar-refractivity contribution in [1.29, 1.82) is 0 Å². The molecular formula is C24H24FN3O4S. The lowest BCUT2D eigenvalue weighted by Crippen LogP contribution is -2.48. The number of carbonyl (C=O) groups is 1. The lowest BCUT2D eigenvalue weighted by Gasteiger charge is -2.35. The topological polar surface area (TPSA) is 78.9 Å². The Labute approximate surface area is 192 Å². The molecule has 0 atom stereocenters. The van der Waals surface area contributed by atoms with Crippen LogP contribution in [-0.4, -0.2) is 51.9 Å². The Morgan fingerprint density at radius 3 is 2.30 bits per heavy atom. The molecule has 172 valence electrons. The summed E-state index contributed by atoms with van der Waals surface area (Å²) in [7, 11) is -2.44. The molecular weight excluding hydrogens is 445 g/mol. The second-order valence-corrected chi connectivity index (χ2v) is 9.46. The Kier molecular flexibility index (Phi) is 6.62. The van der Waals surface area contributed by atoms with Crippen LogP contribution in [0.3, 0.4) is 0 Å². The SMILES string of the molecule is COc1ccccc1NC(=O)c1cc(S(=O)(=O)N2CCN(c3ccccc3)CC2)ccc1F.